The Labute approximate surface area is 144 Å². The van der Waals surface area contributed by atoms with E-state index in [9.17, 15) is 9.59 Å². The van der Waals surface area contributed by atoms with E-state index in [1.165, 1.54) is 16.8 Å². The van der Waals surface area contributed by atoms with Crippen LogP contribution in [0.1, 0.15) is 31.1 Å². The number of para-hydroxylation sites is 1. The van der Waals surface area contributed by atoms with Crippen LogP contribution in [0.5, 0.6) is 5.75 Å². The molecule has 0 aliphatic carbocycles. The lowest BCUT2D eigenvalue weighted by molar-refractivity contribution is -0.118. The van der Waals surface area contributed by atoms with Crippen LogP contribution < -0.4 is 15.4 Å². The Morgan fingerprint density at radius 2 is 2.04 bits per heavy atom. The first-order valence-corrected chi connectivity index (χ1v) is 8.50. The van der Waals surface area contributed by atoms with Gasteiger partial charge in [-0.1, -0.05) is 37.3 Å². The number of carbonyl (C=O) groups excluding carboxylic acids is 2. The van der Waals surface area contributed by atoms with E-state index in [2.05, 4.69) is 20.8 Å². The average Bonchev–Trinajstić information content (AvgIpc) is 3.05. The fraction of sp³-hybridized carbons (Fsp3) is 0.375. The summed E-state index contributed by atoms with van der Waals surface area (Å²) in [7, 11) is 0. The highest BCUT2D eigenvalue weighted by atomic mass is 32.1. The van der Waals surface area contributed by atoms with E-state index in [0.29, 0.717) is 23.1 Å². The molecule has 2 N–H and O–H groups in total. The van der Waals surface area contributed by atoms with Gasteiger partial charge in [-0.3, -0.25) is 14.9 Å². The van der Waals surface area contributed by atoms with E-state index < -0.39 is 6.04 Å². The van der Waals surface area contributed by atoms with E-state index in [1.807, 2.05) is 20.8 Å². The van der Waals surface area contributed by atoms with Crippen molar-refractivity contribution in [2.75, 3.05) is 11.9 Å². The first kappa shape index (κ1) is 17.9. The van der Waals surface area contributed by atoms with Crippen LogP contribution in [0, 0.1) is 5.92 Å². The zero-order valence-corrected chi connectivity index (χ0v) is 14.6. The lowest BCUT2D eigenvalue weighted by Gasteiger charge is -2.21. The van der Waals surface area contributed by atoms with Gasteiger partial charge in [0.1, 0.15) is 17.3 Å². The van der Waals surface area contributed by atoms with Crippen LogP contribution in [0.15, 0.2) is 29.8 Å². The molecule has 7 nitrogen and oxygen atoms in total. The molecule has 8 heteroatoms. The number of ether oxygens (including phenoxy) is 1. The van der Waals surface area contributed by atoms with Gasteiger partial charge in [-0.05, 0) is 25.0 Å². The maximum Gasteiger partial charge on any atom is 0.255 e. The van der Waals surface area contributed by atoms with Crippen LogP contribution >= 0.6 is 11.3 Å². The quantitative estimate of drug-likeness (QED) is 0.801. The Morgan fingerprint density at radius 1 is 1.29 bits per heavy atom. The van der Waals surface area contributed by atoms with Crippen LogP contribution in [-0.2, 0) is 4.79 Å². The molecule has 0 spiro atoms. The molecule has 1 aromatic carbocycles. The predicted molar refractivity (Wildman–Crippen MR) is 92.2 cm³/mol. The molecule has 2 amide bonds. The van der Waals surface area contributed by atoms with Gasteiger partial charge in [-0.15, -0.1) is 10.2 Å². The maximum atomic E-state index is 12.6. The number of hydrogen-bond donors (Lipinski definition) is 2. The fourth-order valence-electron chi connectivity index (χ4n) is 2.10. The van der Waals surface area contributed by atoms with Crippen molar-refractivity contribution in [2.24, 2.45) is 5.92 Å². The summed E-state index contributed by atoms with van der Waals surface area (Å²) in [4.78, 5) is 25.0. The Hall–Kier alpha value is -2.48. The van der Waals surface area contributed by atoms with Gasteiger partial charge in [0, 0.05) is 0 Å². The summed E-state index contributed by atoms with van der Waals surface area (Å²) in [5, 5.41) is 13.3. The summed E-state index contributed by atoms with van der Waals surface area (Å²) in [6.07, 6.45) is 0. The van der Waals surface area contributed by atoms with Gasteiger partial charge in [-0.2, -0.15) is 0 Å². The van der Waals surface area contributed by atoms with E-state index >= 15 is 0 Å². The Morgan fingerprint density at radius 3 is 2.67 bits per heavy atom. The lowest BCUT2D eigenvalue weighted by Crippen LogP contribution is -2.47. The molecular formula is C16H20N4O3S. The SMILES string of the molecule is CCOc1ccccc1C(=O)N[C@@H](C(=O)Nc1nncs1)C(C)C. The molecule has 1 atom stereocenters. The summed E-state index contributed by atoms with van der Waals surface area (Å²) >= 11 is 1.22. The van der Waals surface area contributed by atoms with Crippen LogP contribution in [0.2, 0.25) is 0 Å². The number of benzene rings is 1. The van der Waals surface area contributed by atoms with E-state index in [0.717, 1.165) is 0 Å². The number of carbonyl (C=O) groups is 2. The molecule has 0 aliphatic heterocycles. The average molecular weight is 348 g/mol. The highest BCUT2D eigenvalue weighted by molar-refractivity contribution is 7.13. The summed E-state index contributed by atoms with van der Waals surface area (Å²) in [5.74, 6) is -0.292. The minimum Gasteiger partial charge on any atom is -0.493 e. The first-order chi connectivity index (χ1) is 11.5. The first-order valence-electron chi connectivity index (χ1n) is 7.62. The van der Waals surface area contributed by atoms with Crippen molar-refractivity contribution in [3.05, 3.63) is 35.3 Å². The van der Waals surface area contributed by atoms with Crippen molar-refractivity contribution >= 4 is 28.3 Å². The van der Waals surface area contributed by atoms with Gasteiger partial charge < -0.3 is 10.1 Å². The van der Waals surface area contributed by atoms with Gasteiger partial charge in [0.15, 0.2) is 0 Å². The van der Waals surface area contributed by atoms with Gasteiger partial charge in [0.25, 0.3) is 5.91 Å². The molecule has 0 fully saturated rings. The Bertz CT molecular complexity index is 688. The summed E-state index contributed by atoms with van der Waals surface area (Å²) < 4.78 is 5.47. The molecular weight excluding hydrogens is 328 g/mol. The van der Waals surface area contributed by atoms with Crippen molar-refractivity contribution in [1.29, 1.82) is 0 Å². The topological polar surface area (TPSA) is 93.2 Å². The molecule has 0 radical (unpaired) electrons. The Balaban J connectivity index is 2.12. The third-order valence-corrected chi connectivity index (χ3v) is 3.86. The number of aromatic nitrogens is 2. The molecule has 0 bridgehead atoms. The standard InChI is InChI=1S/C16H20N4O3S/c1-4-23-12-8-6-5-7-11(12)14(21)18-13(10(2)3)15(22)19-16-20-17-9-24-16/h5-10,13H,4H2,1-3H3,(H,18,21)(H,19,20,22)/t13-/m1/s1. The smallest absolute Gasteiger partial charge is 0.255 e. The number of hydrogen-bond acceptors (Lipinski definition) is 6. The molecule has 0 aliphatic rings. The summed E-state index contributed by atoms with van der Waals surface area (Å²) in [6.45, 7) is 6.02. The molecule has 2 aromatic rings. The van der Waals surface area contributed by atoms with Crippen LogP contribution in [0.3, 0.4) is 0 Å². The van der Waals surface area contributed by atoms with Crippen molar-refractivity contribution in [2.45, 2.75) is 26.8 Å². The van der Waals surface area contributed by atoms with Crippen molar-refractivity contribution < 1.29 is 14.3 Å². The molecule has 0 saturated heterocycles. The van der Waals surface area contributed by atoms with Gasteiger partial charge >= 0.3 is 0 Å². The molecule has 1 heterocycles. The van der Waals surface area contributed by atoms with E-state index in [4.69, 9.17) is 4.74 Å². The van der Waals surface area contributed by atoms with Crippen molar-refractivity contribution in [3.63, 3.8) is 0 Å². The van der Waals surface area contributed by atoms with Crippen molar-refractivity contribution in [1.82, 2.24) is 15.5 Å². The molecule has 0 saturated carbocycles. The minimum absolute atomic E-state index is 0.0962. The van der Waals surface area contributed by atoms with Gasteiger partial charge in [-0.25, -0.2) is 0 Å². The van der Waals surface area contributed by atoms with E-state index in [1.54, 1.807) is 24.3 Å². The number of anilines is 1. The molecule has 24 heavy (non-hydrogen) atoms. The lowest BCUT2D eigenvalue weighted by atomic mass is 10.0. The number of rotatable bonds is 7. The molecule has 0 unspecified atom stereocenters. The predicted octanol–water partition coefficient (Wildman–Crippen LogP) is 2.33. The summed E-state index contributed by atoms with van der Waals surface area (Å²) in [6, 6.07) is 6.24. The second kappa shape index (κ2) is 8.39. The number of nitrogens with one attached hydrogen (secondary N) is 2. The summed E-state index contributed by atoms with van der Waals surface area (Å²) in [5.41, 5.74) is 1.92. The van der Waals surface area contributed by atoms with Crippen LogP contribution in [0.4, 0.5) is 5.13 Å². The maximum absolute atomic E-state index is 12.6. The van der Waals surface area contributed by atoms with Gasteiger partial charge in [0.05, 0.1) is 12.2 Å². The number of nitrogens with zero attached hydrogens (tertiary/aromatic N) is 2. The monoisotopic (exact) mass is 348 g/mol. The number of amides is 2. The second-order valence-electron chi connectivity index (χ2n) is 5.36. The van der Waals surface area contributed by atoms with Crippen LogP contribution in [0.25, 0.3) is 0 Å². The third-order valence-electron chi connectivity index (χ3n) is 3.26. The highest BCUT2D eigenvalue weighted by Crippen LogP contribution is 2.19. The normalized spacial score (nSPS) is 11.8. The zero-order chi connectivity index (χ0) is 17.5. The zero-order valence-electron chi connectivity index (χ0n) is 13.8. The molecule has 1 aromatic heterocycles. The largest absolute Gasteiger partial charge is 0.493 e. The molecule has 2 rings (SSSR count). The van der Waals surface area contributed by atoms with Crippen molar-refractivity contribution in [3.8, 4) is 5.75 Å². The Kier molecular flexibility index (Phi) is 6.25. The minimum atomic E-state index is -0.698. The third kappa shape index (κ3) is 4.51. The second-order valence-corrected chi connectivity index (χ2v) is 6.19. The van der Waals surface area contributed by atoms with E-state index in [-0.39, 0.29) is 17.7 Å². The highest BCUT2D eigenvalue weighted by Gasteiger charge is 2.26. The fourth-order valence-corrected chi connectivity index (χ4v) is 2.55. The molecule has 128 valence electrons. The van der Waals surface area contributed by atoms with Gasteiger partial charge in [0.2, 0.25) is 11.0 Å². The van der Waals surface area contributed by atoms with Crippen LogP contribution in [-0.4, -0.2) is 34.7 Å².